The molecule has 19 heavy (non-hydrogen) atoms. The molecule has 0 aliphatic rings. The highest BCUT2D eigenvalue weighted by Gasteiger charge is 2.25. The predicted molar refractivity (Wildman–Crippen MR) is 73.4 cm³/mol. The van der Waals surface area contributed by atoms with E-state index in [1.807, 2.05) is 0 Å². The molecule has 0 heterocycles. The number of hydrogen-bond acceptors (Lipinski definition) is 4. The van der Waals surface area contributed by atoms with Crippen molar-refractivity contribution >= 4 is 24.7 Å². The van der Waals surface area contributed by atoms with E-state index in [0.717, 1.165) is 0 Å². The lowest BCUT2D eigenvalue weighted by Crippen LogP contribution is -2.38. The molecule has 0 aliphatic heterocycles. The monoisotopic (exact) mass is 283 g/mol. The Labute approximate surface area is 117 Å². The van der Waals surface area contributed by atoms with Crippen LogP contribution in [0.3, 0.4) is 0 Å². The third kappa shape index (κ3) is 5.21. The molecular formula is C13H17NO4S. The van der Waals surface area contributed by atoms with Crippen LogP contribution in [0.5, 0.6) is 0 Å². The summed E-state index contributed by atoms with van der Waals surface area (Å²) in [6.07, 6.45) is -0.769. The number of ether oxygens (including phenoxy) is 1. The van der Waals surface area contributed by atoms with Gasteiger partial charge in [0.05, 0.1) is 0 Å². The minimum Gasteiger partial charge on any atom is -0.479 e. The summed E-state index contributed by atoms with van der Waals surface area (Å²) in [5.41, 5.74) is -0.224. The second kappa shape index (κ2) is 5.97. The van der Waals surface area contributed by atoms with Crippen molar-refractivity contribution in [2.45, 2.75) is 37.3 Å². The molecule has 104 valence electrons. The molecule has 0 saturated heterocycles. The molecule has 0 aromatic heterocycles. The third-order valence-electron chi connectivity index (χ3n) is 2.13. The van der Waals surface area contributed by atoms with Crippen LogP contribution in [-0.4, -0.2) is 22.8 Å². The Balaban J connectivity index is 2.82. The fourth-order valence-corrected chi connectivity index (χ4v) is 1.53. The Morgan fingerprint density at radius 3 is 2.21 bits per heavy atom. The van der Waals surface area contributed by atoms with Gasteiger partial charge in [0.15, 0.2) is 6.04 Å². The molecule has 1 atom stereocenters. The van der Waals surface area contributed by atoms with E-state index in [0.29, 0.717) is 10.5 Å². The lowest BCUT2D eigenvalue weighted by molar-refractivity contribution is -0.139. The number of hydrogen-bond donors (Lipinski definition) is 3. The first kappa shape index (κ1) is 15.4. The Kier molecular flexibility index (Phi) is 4.83. The molecule has 0 radical (unpaired) electrons. The zero-order valence-electron chi connectivity index (χ0n) is 11.0. The van der Waals surface area contributed by atoms with Crippen molar-refractivity contribution in [3.8, 4) is 0 Å². The maximum atomic E-state index is 11.6. The first-order valence-electron chi connectivity index (χ1n) is 5.70. The standard InChI is InChI=1S/C13H17NO4S/c1-13(2,3)18-12(17)14-10(11(15)16)8-4-6-9(19)7-5-8/h4-7,10,19H,1-3H3,(H,14,17)(H,15,16)/t10-/m1/s1. The van der Waals surface area contributed by atoms with Crippen LogP contribution in [0.4, 0.5) is 4.79 Å². The lowest BCUT2D eigenvalue weighted by Gasteiger charge is -2.22. The minimum atomic E-state index is -1.15. The molecule has 0 fully saturated rings. The number of alkyl carbamates (subject to hydrolysis) is 1. The van der Waals surface area contributed by atoms with E-state index in [1.54, 1.807) is 45.0 Å². The maximum absolute atomic E-state index is 11.6. The van der Waals surface area contributed by atoms with E-state index in [2.05, 4.69) is 17.9 Å². The average molecular weight is 283 g/mol. The number of carboxylic acid groups (broad SMARTS) is 1. The molecule has 5 nitrogen and oxygen atoms in total. The first-order valence-corrected chi connectivity index (χ1v) is 6.15. The molecule has 1 aromatic rings. The van der Waals surface area contributed by atoms with Crippen LogP contribution in [0.15, 0.2) is 29.2 Å². The second-order valence-corrected chi connectivity index (χ2v) is 5.53. The smallest absolute Gasteiger partial charge is 0.408 e. The van der Waals surface area contributed by atoms with Crippen molar-refractivity contribution in [1.29, 1.82) is 0 Å². The van der Waals surface area contributed by atoms with Gasteiger partial charge < -0.3 is 15.2 Å². The number of carbonyl (C=O) groups is 2. The van der Waals surface area contributed by atoms with Crippen LogP contribution >= 0.6 is 12.6 Å². The van der Waals surface area contributed by atoms with Crippen LogP contribution in [0, 0.1) is 0 Å². The van der Waals surface area contributed by atoms with Crippen molar-refractivity contribution in [3.63, 3.8) is 0 Å². The van der Waals surface area contributed by atoms with Crippen molar-refractivity contribution in [2.24, 2.45) is 0 Å². The number of nitrogens with one attached hydrogen (secondary N) is 1. The van der Waals surface area contributed by atoms with E-state index >= 15 is 0 Å². The first-order chi connectivity index (χ1) is 8.69. The Hall–Kier alpha value is -1.69. The quantitative estimate of drug-likeness (QED) is 0.745. The van der Waals surface area contributed by atoms with Gasteiger partial charge in [-0.1, -0.05) is 12.1 Å². The van der Waals surface area contributed by atoms with Crippen molar-refractivity contribution < 1.29 is 19.4 Å². The molecule has 0 bridgehead atoms. The van der Waals surface area contributed by atoms with Gasteiger partial charge in [-0.15, -0.1) is 12.6 Å². The van der Waals surface area contributed by atoms with Crippen LogP contribution in [0.25, 0.3) is 0 Å². The zero-order chi connectivity index (χ0) is 14.6. The predicted octanol–water partition coefficient (Wildman–Crippen LogP) is 2.63. The molecule has 1 aromatic carbocycles. The van der Waals surface area contributed by atoms with E-state index in [1.165, 1.54) is 0 Å². The van der Waals surface area contributed by atoms with Crippen molar-refractivity contribution in [3.05, 3.63) is 29.8 Å². The van der Waals surface area contributed by atoms with Gasteiger partial charge in [0.1, 0.15) is 5.60 Å². The van der Waals surface area contributed by atoms with Gasteiger partial charge >= 0.3 is 12.1 Å². The lowest BCUT2D eigenvalue weighted by atomic mass is 10.1. The molecule has 0 saturated carbocycles. The number of thiol groups is 1. The van der Waals surface area contributed by atoms with Crippen molar-refractivity contribution in [1.82, 2.24) is 5.32 Å². The number of amides is 1. The summed E-state index contributed by atoms with van der Waals surface area (Å²) >= 11 is 4.12. The summed E-state index contributed by atoms with van der Waals surface area (Å²) in [7, 11) is 0. The molecule has 1 amide bonds. The van der Waals surface area contributed by atoms with Crippen LogP contribution in [0.1, 0.15) is 32.4 Å². The van der Waals surface area contributed by atoms with Crippen LogP contribution < -0.4 is 5.32 Å². The van der Waals surface area contributed by atoms with Gasteiger partial charge in [0.2, 0.25) is 0 Å². The maximum Gasteiger partial charge on any atom is 0.408 e. The highest BCUT2D eigenvalue weighted by atomic mass is 32.1. The normalized spacial score (nSPS) is 12.6. The van der Waals surface area contributed by atoms with Gasteiger partial charge in [-0.25, -0.2) is 9.59 Å². The van der Waals surface area contributed by atoms with E-state index < -0.39 is 23.7 Å². The topological polar surface area (TPSA) is 75.6 Å². The molecule has 0 aliphatic carbocycles. The van der Waals surface area contributed by atoms with E-state index in [-0.39, 0.29) is 0 Å². The molecule has 1 rings (SSSR count). The largest absolute Gasteiger partial charge is 0.479 e. The fraction of sp³-hybridized carbons (Fsp3) is 0.385. The van der Waals surface area contributed by atoms with Gasteiger partial charge in [-0.05, 0) is 38.5 Å². The summed E-state index contributed by atoms with van der Waals surface area (Å²) in [5, 5.41) is 11.5. The summed E-state index contributed by atoms with van der Waals surface area (Å²) in [6.45, 7) is 5.12. The summed E-state index contributed by atoms with van der Waals surface area (Å²) in [4.78, 5) is 23.5. The number of carboxylic acids is 1. The Morgan fingerprint density at radius 2 is 1.79 bits per heavy atom. The van der Waals surface area contributed by atoms with Crippen LogP contribution in [0.2, 0.25) is 0 Å². The Bertz CT molecular complexity index is 465. The minimum absolute atomic E-state index is 0.455. The SMILES string of the molecule is CC(C)(C)OC(=O)N[C@@H](C(=O)O)c1ccc(S)cc1. The Morgan fingerprint density at radius 1 is 1.26 bits per heavy atom. The fourth-order valence-electron chi connectivity index (χ4n) is 1.38. The molecule has 2 N–H and O–H groups in total. The van der Waals surface area contributed by atoms with Gasteiger partial charge in [0, 0.05) is 4.90 Å². The number of benzene rings is 1. The van der Waals surface area contributed by atoms with E-state index in [9.17, 15) is 9.59 Å². The molecule has 6 heteroatoms. The molecular weight excluding hydrogens is 266 g/mol. The summed E-state index contributed by atoms with van der Waals surface area (Å²) in [6, 6.07) is 5.36. The summed E-state index contributed by atoms with van der Waals surface area (Å²) in [5.74, 6) is -1.15. The van der Waals surface area contributed by atoms with E-state index in [4.69, 9.17) is 9.84 Å². The van der Waals surface area contributed by atoms with Gasteiger partial charge in [-0.2, -0.15) is 0 Å². The van der Waals surface area contributed by atoms with Gasteiger partial charge in [0.25, 0.3) is 0 Å². The third-order valence-corrected chi connectivity index (χ3v) is 2.43. The van der Waals surface area contributed by atoms with Gasteiger partial charge in [-0.3, -0.25) is 0 Å². The van der Waals surface area contributed by atoms with Crippen molar-refractivity contribution in [2.75, 3.05) is 0 Å². The molecule has 0 spiro atoms. The zero-order valence-corrected chi connectivity index (χ0v) is 11.9. The summed E-state index contributed by atoms with van der Waals surface area (Å²) < 4.78 is 5.04. The second-order valence-electron chi connectivity index (χ2n) is 5.01. The average Bonchev–Trinajstić information content (AvgIpc) is 2.24. The van der Waals surface area contributed by atoms with Crippen LogP contribution in [-0.2, 0) is 9.53 Å². The number of carbonyl (C=O) groups excluding carboxylic acids is 1. The molecule has 0 unspecified atom stereocenters. The number of rotatable bonds is 3. The highest BCUT2D eigenvalue weighted by Crippen LogP contribution is 2.17. The highest BCUT2D eigenvalue weighted by molar-refractivity contribution is 7.80. The number of aliphatic carboxylic acids is 1.